The average molecular weight is 224 g/mol. The summed E-state index contributed by atoms with van der Waals surface area (Å²) in [6, 6.07) is 1.96. The average Bonchev–Trinajstić information content (AvgIpc) is 2.32. The first-order chi connectivity index (χ1) is 7.45. The van der Waals surface area contributed by atoms with E-state index in [-0.39, 0.29) is 0 Å². The molecule has 1 fully saturated rings. The van der Waals surface area contributed by atoms with E-state index in [2.05, 4.69) is 20.2 Å². The van der Waals surface area contributed by atoms with Crippen LogP contribution < -0.4 is 5.32 Å². The number of nitrogens with zero attached hydrogens (tertiary/aromatic N) is 3. The zero-order valence-electron chi connectivity index (χ0n) is 8.72. The van der Waals surface area contributed by atoms with Crippen LogP contribution in [-0.2, 0) is 0 Å². The first kappa shape index (κ1) is 10.9. The van der Waals surface area contributed by atoms with Crippen molar-refractivity contribution in [2.24, 2.45) is 0 Å². The van der Waals surface area contributed by atoms with Crippen molar-refractivity contribution in [1.82, 2.24) is 20.2 Å². The van der Waals surface area contributed by atoms with Gasteiger partial charge in [-0.2, -0.15) is 0 Å². The molecule has 1 N–H and O–H groups in total. The summed E-state index contributed by atoms with van der Waals surface area (Å²) >= 11 is 1.80. The fraction of sp³-hybridized carbons (Fsp3) is 0.600. The van der Waals surface area contributed by atoms with Crippen LogP contribution in [0.3, 0.4) is 0 Å². The van der Waals surface area contributed by atoms with E-state index < -0.39 is 0 Å². The zero-order valence-corrected chi connectivity index (χ0v) is 9.54. The van der Waals surface area contributed by atoms with Gasteiger partial charge in [-0.3, -0.25) is 4.90 Å². The Hall–Kier alpha value is -0.650. The van der Waals surface area contributed by atoms with Crippen LogP contribution in [0.25, 0.3) is 0 Å². The minimum atomic E-state index is 1.07. The van der Waals surface area contributed by atoms with Gasteiger partial charge < -0.3 is 5.32 Å². The largest absolute Gasteiger partial charge is 0.314 e. The molecule has 0 spiro atoms. The topological polar surface area (TPSA) is 41.0 Å². The molecule has 1 aromatic heterocycles. The zero-order chi connectivity index (χ0) is 10.3. The second-order valence-electron chi connectivity index (χ2n) is 3.49. The highest BCUT2D eigenvalue weighted by Gasteiger charge is 2.08. The lowest BCUT2D eigenvalue weighted by molar-refractivity contribution is 0.255. The van der Waals surface area contributed by atoms with E-state index in [9.17, 15) is 0 Å². The summed E-state index contributed by atoms with van der Waals surface area (Å²) in [6.07, 6.45) is 3.40. The molecule has 0 aromatic carbocycles. The van der Waals surface area contributed by atoms with Crippen molar-refractivity contribution < 1.29 is 0 Å². The summed E-state index contributed by atoms with van der Waals surface area (Å²) in [5.74, 6) is 1.11. The molecule has 15 heavy (non-hydrogen) atoms. The van der Waals surface area contributed by atoms with Crippen molar-refractivity contribution in [2.45, 2.75) is 5.03 Å². The first-order valence-electron chi connectivity index (χ1n) is 5.27. The highest BCUT2D eigenvalue weighted by molar-refractivity contribution is 7.99. The number of hydrogen-bond donors (Lipinski definition) is 1. The number of nitrogens with one attached hydrogen (secondary N) is 1. The van der Waals surface area contributed by atoms with Crippen LogP contribution in [-0.4, -0.2) is 53.3 Å². The number of thioether (sulfide) groups is 1. The summed E-state index contributed by atoms with van der Waals surface area (Å²) in [7, 11) is 0. The van der Waals surface area contributed by atoms with Gasteiger partial charge in [-0.25, -0.2) is 9.97 Å². The first-order valence-corrected chi connectivity index (χ1v) is 6.25. The molecule has 0 aliphatic carbocycles. The Labute approximate surface area is 94.5 Å². The van der Waals surface area contributed by atoms with Crippen molar-refractivity contribution in [3.05, 3.63) is 18.6 Å². The number of aromatic nitrogens is 2. The molecule has 82 valence electrons. The molecule has 1 aliphatic heterocycles. The van der Waals surface area contributed by atoms with Gasteiger partial charge in [0.05, 0.1) is 5.03 Å². The van der Waals surface area contributed by atoms with Crippen molar-refractivity contribution >= 4 is 11.8 Å². The van der Waals surface area contributed by atoms with Crippen LogP contribution >= 0.6 is 11.8 Å². The SMILES string of the molecule is c1cc(SCCN2CCNCC2)ncn1. The molecule has 4 nitrogen and oxygen atoms in total. The molecular formula is C10H16N4S. The monoisotopic (exact) mass is 224 g/mol. The molecule has 0 radical (unpaired) electrons. The van der Waals surface area contributed by atoms with Crippen molar-refractivity contribution in [3.8, 4) is 0 Å². The van der Waals surface area contributed by atoms with Crippen LogP contribution in [0.4, 0.5) is 0 Å². The fourth-order valence-corrected chi connectivity index (χ4v) is 2.42. The molecule has 0 atom stereocenters. The summed E-state index contributed by atoms with van der Waals surface area (Å²) in [6.45, 7) is 5.74. The van der Waals surface area contributed by atoms with Gasteiger partial charge >= 0.3 is 0 Å². The van der Waals surface area contributed by atoms with E-state index in [4.69, 9.17) is 0 Å². The lowest BCUT2D eigenvalue weighted by Crippen LogP contribution is -2.44. The predicted octanol–water partition coefficient (Wildman–Crippen LogP) is 0.474. The van der Waals surface area contributed by atoms with Gasteiger partial charge in [0.25, 0.3) is 0 Å². The molecule has 0 bridgehead atoms. The van der Waals surface area contributed by atoms with E-state index in [1.807, 2.05) is 6.07 Å². The second kappa shape index (κ2) is 6.05. The maximum atomic E-state index is 4.18. The van der Waals surface area contributed by atoms with Crippen LogP contribution in [0.15, 0.2) is 23.6 Å². The van der Waals surface area contributed by atoms with Gasteiger partial charge in [0.1, 0.15) is 6.33 Å². The normalized spacial score (nSPS) is 17.9. The van der Waals surface area contributed by atoms with Crippen LogP contribution in [0.5, 0.6) is 0 Å². The van der Waals surface area contributed by atoms with Gasteiger partial charge in [-0.15, -0.1) is 11.8 Å². The quantitative estimate of drug-likeness (QED) is 0.595. The number of piperazine rings is 1. The standard InChI is InChI=1S/C10H16N4S/c1-2-12-9-13-10(1)15-8-7-14-5-3-11-4-6-14/h1-2,9,11H,3-8H2. The Balaban J connectivity index is 1.66. The summed E-state index contributed by atoms with van der Waals surface area (Å²) in [4.78, 5) is 10.6. The highest BCUT2D eigenvalue weighted by atomic mass is 32.2. The Morgan fingerprint density at radius 1 is 1.40 bits per heavy atom. The summed E-state index contributed by atoms with van der Waals surface area (Å²) in [5, 5.41) is 4.42. The van der Waals surface area contributed by atoms with Crippen LogP contribution in [0.1, 0.15) is 0 Å². The molecule has 5 heteroatoms. The predicted molar refractivity (Wildman–Crippen MR) is 62.1 cm³/mol. The van der Waals surface area contributed by atoms with Crippen LogP contribution in [0.2, 0.25) is 0 Å². The fourth-order valence-electron chi connectivity index (χ4n) is 1.58. The van der Waals surface area contributed by atoms with Gasteiger partial charge in [0.2, 0.25) is 0 Å². The molecule has 1 saturated heterocycles. The highest BCUT2D eigenvalue weighted by Crippen LogP contribution is 2.13. The molecule has 2 rings (SSSR count). The number of hydrogen-bond acceptors (Lipinski definition) is 5. The van der Waals surface area contributed by atoms with Gasteiger partial charge in [-0.05, 0) is 6.07 Å². The molecule has 1 aliphatic rings. The Bertz CT molecular complexity index is 274. The van der Waals surface area contributed by atoms with Gasteiger partial charge in [0, 0.05) is 44.7 Å². The van der Waals surface area contributed by atoms with E-state index in [1.54, 1.807) is 24.3 Å². The molecule has 2 heterocycles. The smallest absolute Gasteiger partial charge is 0.116 e. The van der Waals surface area contributed by atoms with E-state index in [0.29, 0.717) is 0 Å². The minimum Gasteiger partial charge on any atom is -0.314 e. The Morgan fingerprint density at radius 2 is 2.27 bits per heavy atom. The third kappa shape index (κ3) is 3.77. The van der Waals surface area contributed by atoms with Crippen molar-refractivity contribution in [3.63, 3.8) is 0 Å². The molecule has 0 saturated carbocycles. The summed E-state index contributed by atoms with van der Waals surface area (Å²) in [5.41, 5.74) is 0. The van der Waals surface area contributed by atoms with E-state index in [1.165, 1.54) is 13.1 Å². The summed E-state index contributed by atoms with van der Waals surface area (Å²) < 4.78 is 0. The van der Waals surface area contributed by atoms with Crippen molar-refractivity contribution in [2.75, 3.05) is 38.5 Å². The van der Waals surface area contributed by atoms with Gasteiger partial charge in [0.15, 0.2) is 0 Å². The van der Waals surface area contributed by atoms with Crippen molar-refractivity contribution in [1.29, 1.82) is 0 Å². The lowest BCUT2D eigenvalue weighted by Gasteiger charge is -2.26. The van der Waals surface area contributed by atoms with Gasteiger partial charge in [-0.1, -0.05) is 0 Å². The lowest BCUT2D eigenvalue weighted by atomic mass is 10.4. The van der Waals surface area contributed by atoms with E-state index in [0.717, 1.165) is 30.4 Å². The molecule has 0 amide bonds. The third-order valence-corrected chi connectivity index (χ3v) is 3.35. The Morgan fingerprint density at radius 3 is 3.00 bits per heavy atom. The maximum Gasteiger partial charge on any atom is 0.116 e. The Kier molecular flexibility index (Phi) is 4.38. The number of rotatable bonds is 4. The molecule has 1 aromatic rings. The third-order valence-electron chi connectivity index (χ3n) is 2.42. The van der Waals surface area contributed by atoms with Crippen LogP contribution in [0, 0.1) is 0 Å². The molecule has 0 unspecified atom stereocenters. The van der Waals surface area contributed by atoms with E-state index >= 15 is 0 Å². The minimum absolute atomic E-state index is 1.07. The molecular weight excluding hydrogens is 208 g/mol. The second-order valence-corrected chi connectivity index (χ2v) is 4.60. The maximum absolute atomic E-state index is 4.18.